The number of benzene rings is 1. The third kappa shape index (κ3) is 2.85. The van der Waals surface area contributed by atoms with Crippen LogP contribution in [-0.2, 0) is 0 Å². The second-order valence-corrected chi connectivity index (χ2v) is 5.97. The van der Waals surface area contributed by atoms with Crippen LogP contribution in [0.25, 0.3) is 0 Å². The molecule has 2 N–H and O–H groups in total. The van der Waals surface area contributed by atoms with Crippen LogP contribution in [0.15, 0.2) is 42.7 Å². The Labute approximate surface area is 126 Å². The van der Waals surface area contributed by atoms with Gasteiger partial charge >= 0.3 is 0 Å². The van der Waals surface area contributed by atoms with Gasteiger partial charge in [-0.1, -0.05) is 25.1 Å². The summed E-state index contributed by atoms with van der Waals surface area (Å²) in [6, 6.07) is 10.6. The molecule has 0 aliphatic heterocycles. The van der Waals surface area contributed by atoms with Crippen LogP contribution < -0.4 is 5.32 Å². The Morgan fingerprint density at radius 1 is 1.29 bits per heavy atom. The predicted octanol–water partition coefficient (Wildman–Crippen LogP) is 3.26. The Balaban J connectivity index is 1.69. The molecule has 3 nitrogen and oxygen atoms in total. The Hall–Kier alpha value is -1.71. The minimum Gasteiger partial charge on any atom is -0.387 e. The average molecular weight is 282 g/mol. The highest BCUT2D eigenvalue weighted by atomic mass is 16.3. The van der Waals surface area contributed by atoms with Crippen molar-refractivity contribution in [2.75, 3.05) is 6.54 Å². The van der Waals surface area contributed by atoms with Crippen LogP contribution >= 0.6 is 0 Å². The molecule has 3 atom stereocenters. The van der Waals surface area contributed by atoms with E-state index in [0.717, 1.165) is 12.0 Å². The van der Waals surface area contributed by atoms with Crippen LogP contribution in [0.5, 0.6) is 0 Å². The lowest BCUT2D eigenvalue weighted by Gasteiger charge is -2.18. The fraction of sp³-hybridized carbons (Fsp3) is 0.389. The van der Waals surface area contributed by atoms with E-state index in [1.165, 1.54) is 16.7 Å². The second-order valence-electron chi connectivity index (χ2n) is 5.97. The summed E-state index contributed by atoms with van der Waals surface area (Å²) in [7, 11) is 0. The Kier molecular flexibility index (Phi) is 4.04. The molecule has 0 radical (unpaired) electrons. The molecule has 1 heterocycles. The van der Waals surface area contributed by atoms with Gasteiger partial charge in [0.05, 0.1) is 6.10 Å². The Morgan fingerprint density at radius 2 is 2.05 bits per heavy atom. The van der Waals surface area contributed by atoms with Crippen molar-refractivity contribution in [2.24, 2.45) is 0 Å². The molecule has 0 saturated heterocycles. The van der Waals surface area contributed by atoms with Crippen LogP contribution in [-0.4, -0.2) is 16.6 Å². The third-order valence-electron chi connectivity index (χ3n) is 4.46. The monoisotopic (exact) mass is 282 g/mol. The molecule has 0 amide bonds. The zero-order valence-corrected chi connectivity index (χ0v) is 12.6. The van der Waals surface area contributed by atoms with Crippen molar-refractivity contribution in [1.29, 1.82) is 0 Å². The van der Waals surface area contributed by atoms with Gasteiger partial charge in [0.25, 0.3) is 0 Å². The zero-order valence-electron chi connectivity index (χ0n) is 12.6. The van der Waals surface area contributed by atoms with Gasteiger partial charge < -0.3 is 10.4 Å². The molecule has 1 aliphatic carbocycles. The van der Waals surface area contributed by atoms with Gasteiger partial charge in [0.15, 0.2) is 0 Å². The van der Waals surface area contributed by atoms with E-state index in [1.54, 1.807) is 12.4 Å². The standard InChI is InChI=1S/C18H22N2O/c1-12-4-3-5-15-16(10-13(2)18(12)15)20-11-17(21)14-6-8-19-9-7-14/h3-9,13,16-17,20-21H,10-11H2,1-2H3/t13-,16-,17-/m1/s1. The number of aliphatic hydroxyl groups excluding tert-OH is 1. The van der Waals surface area contributed by atoms with Crippen molar-refractivity contribution >= 4 is 0 Å². The average Bonchev–Trinajstić information content (AvgIpc) is 2.83. The van der Waals surface area contributed by atoms with Crippen molar-refractivity contribution < 1.29 is 5.11 Å². The molecule has 0 unspecified atom stereocenters. The first-order valence-electron chi connectivity index (χ1n) is 7.57. The summed E-state index contributed by atoms with van der Waals surface area (Å²) in [4.78, 5) is 3.98. The lowest BCUT2D eigenvalue weighted by molar-refractivity contribution is 0.169. The fourth-order valence-electron chi connectivity index (χ4n) is 3.43. The molecule has 1 aliphatic rings. The van der Waals surface area contributed by atoms with Gasteiger partial charge in [-0.3, -0.25) is 4.98 Å². The van der Waals surface area contributed by atoms with Crippen LogP contribution in [0, 0.1) is 6.92 Å². The van der Waals surface area contributed by atoms with Gasteiger partial charge in [0, 0.05) is 25.0 Å². The molecule has 0 spiro atoms. The maximum Gasteiger partial charge on any atom is 0.0915 e. The number of aryl methyl sites for hydroxylation is 1. The number of aliphatic hydroxyl groups is 1. The van der Waals surface area contributed by atoms with Crippen molar-refractivity contribution in [3.05, 3.63) is 65.0 Å². The summed E-state index contributed by atoms with van der Waals surface area (Å²) in [5.74, 6) is 0.580. The van der Waals surface area contributed by atoms with Crippen molar-refractivity contribution in [3.8, 4) is 0 Å². The molecule has 3 rings (SSSR count). The van der Waals surface area contributed by atoms with Crippen molar-refractivity contribution in [2.45, 2.75) is 38.3 Å². The minimum atomic E-state index is -0.489. The normalized spacial score (nSPS) is 22.0. The topological polar surface area (TPSA) is 45.1 Å². The molecule has 0 fully saturated rings. The van der Waals surface area contributed by atoms with Crippen LogP contribution in [0.2, 0.25) is 0 Å². The molecule has 2 aromatic rings. The van der Waals surface area contributed by atoms with E-state index in [0.29, 0.717) is 18.5 Å². The molecule has 0 bridgehead atoms. The maximum absolute atomic E-state index is 10.3. The summed E-state index contributed by atoms with van der Waals surface area (Å²) in [5, 5.41) is 13.8. The second kappa shape index (κ2) is 5.96. The summed E-state index contributed by atoms with van der Waals surface area (Å²) >= 11 is 0. The van der Waals surface area contributed by atoms with Crippen molar-refractivity contribution in [3.63, 3.8) is 0 Å². The highest BCUT2D eigenvalue weighted by Gasteiger charge is 2.29. The first-order valence-corrected chi connectivity index (χ1v) is 7.57. The van der Waals surface area contributed by atoms with Crippen LogP contribution in [0.1, 0.15) is 53.7 Å². The maximum atomic E-state index is 10.3. The molecule has 110 valence electrons. The highest BCUT2D eigenvalue weighted by molar-refractivity contribution is 5.43. The Morgan fingerprint density at radius 3 is 2.81 bits per heavy atom. The molecule has 3 heteroatoms. The van der Waals surface area contributed by atoms with Crippen molar-refractivity contribution in [1.82, 2.24) is 10.3 Å². The van der Waals surface area contributed by atoms with E-state index in [4.69, 9.17) is 0 Å². The SMILES string of the molecule is Cc1cccc2c1[C@H](C)C[C@H]2NC[C@@H](O)c1ccncc1. The fourth-order valence-corrected chi connectivity index (χ4v) is 3.43. The van der Waals surface area contributed by atoms with E-state index in [1.807, 2.05) is 12.1 Å². The summed E-state index contributed by atoms with van der Waals surface area (Å²) in [5.41, 5.74) is 5.16. The minimum absolute atomic E-state index is 0.339. The van der Waals surface area contributed by atoms with Gasteiger partial charge in [-0.25, -0.2) is 0 Å². The van der Waals surface area contributed by atoms with Gasteiger partial charge in [-0.15, -0.1) is 0 Å². The number of aromatic nitrogens is 1. The molecule has 1 aromatic heterocycles. The number of rotatable bonds is 4. The molecule has 1 aromatic carbocycles. The van der Waals surface area contributed by atoms with E-state index < -0.39 is 6.10 Å². The first-order chi connectivity index (χ1) is 10.2. The lowest BCUT2D eigenvalue weighted by Crippen LogP contribution is -2.25. The van der Waals surface area contributed by atoms with E-state index in [2.05, 4.69) is 42.3 Å². The Bertz CT molecular complexity index is 612. The largest absolute Gasteiger partial charge is 0.387 e. The first kappa shape index (κ1) is 14.2. The molecular formula is C18H22N2O. The predicted molar refractivity (Wildman–Crippen MR) is 84.2 cm³/mol. The van der Waals surface area contributed by atoms with Crippen LogP contribution in [0.4, 0.5) is 0 Å². The molecule has 21 heavy (non-hydrogen) atoms. The highest BCUT2D eigenvalue weighted by Crippen LogP contribution is 2.41. The lowest BCUT2D eigenvalue weighted by atomic mass is 9.98. The summed E-state index contributed by atoms with van der Waals surface area (Å²) in [6.07, 6.45) is 4.05. The number of hydrogen-bond donors (Lipinski definition) is 2. The molecular weight excluding hydrogens is 260 g/mol. The van der Waals surface area contributed by atoms with E-state index >= 15 is 0 Å². The summed E-state index contributed by atoms with van der Waals surface area (Å²) < 4.78 is 0. The van der Waals surface area contributed by atoms with E-state index in [-0.39, 0.29) is 0 Å². The number of pyridine rings is 1. The number of nitrogens with one attached hydrogen (secondary N) is 1. The van der Waals surface area contributed by atoms with Gasteiger partial charge in [0.2, 0.25) is 0 Å². The number of fused-ring (bicyclic) bond motifs is 1. The van der Waals surface area contributed by atoms with E-state index in [9.17, 15) is 5.11 Å². The summed E-state index contributed by atoms with van der Waals surface area (Å²) in [6.45, 7) is 5.03. The quantitative estimate of drug-likeness (QED) is 0.904. The van der Waals surface area contributed by atoms with Gasteiger partial charge in [-0.05, 0) is 53.6 Å². The van der Waals surface area contributed by atoms with Gasteiger partial charge in [0.1, 0.15) is 0 Å². The van der Waals surface area contributed by atoms with Gasteiger partial charge in [-0.2, -0.15) is 0 Å². The number of hydrogen-bond acceptors (Lipinski definition) is 3. The molecule has 0 saturated carbocycles. The number of nitrogens with zero attached hydrogens (tertiary/aromatic N) is 1. The smallest absolute Gasteiger partial charge is 0.0915 e. The zero-order chi connectivity index (χ0) is 14.8. The third-order valence-corrected chi connectivity index (χ3v) is 4.46. The van der Waals surface area contributed by atoms with Crippen LogP contribution in [0.3, 0.4) is 0 Å².